The first-order chi connectivity index (χ1) is 7.66. The van der Waals surface area contributed by atoms with Crippen LogP contribution in [0.1, 0.15) is 32.4 Å². The molecule has 1 aliphatic heterocycles. The third-order valence-corrected chi connectivity index (χ3v) is 3.27. The second-order valence-corrected chi connectivity index (χ2v) is 4.86. The first-order valence-electron chi connectivity index (χ1n) is 5.97. The molecule has 4 nitrogen and oxygen atoms in total. The van der Waals surface area contributed by atoms with Crippen molar-refractivity contribution in [3.63, 3.8) is 0 Å². The van der Waals surface area contributed by atoms with E-state index in [-0.39, 0.29) is 0 Å². The topological polar surface area (TPSA) is 55.0 Å². The van der Waals surface area contributed by atoms with E-state index in [1.807, 2.05) is 0 Å². The fourth-order valence-corrected chi connectivity index (χ4v) is 2.46. The van der Waals surface area contributed by atoms with Crippen LogP contribution in [0.25, 0.3) is 0 Å². The molecule has 1 aromatic rings. The molecule has 0 aromatic carbocycles. The van der Waals surface area contributed by atoms with Gasteiger partial charge in [0.2, 0.25) is 0 Å². The number of nitrogens with two attached hydrogens (primary N) is 1. The van der Waals surface area contributed by atoms with Gasteiger partial charge in [0.15, 0.2) is 0 Å². The summed E-state index contributed by atoms with van der Waals surface area (Å²) in [6, 6.07) is 0.694. The lowest BCUT2D eigenvalue weighted by Gasteiger charge is -2.26. The van der Waals surface area contributed by atoms with Crippen molar-refractivity contribution >= 4 is 5.82 Å². The first kappa shape index (κ1) is 11.3. The van der Waals surface area contributed by atoms with Crippen molar-refractivity contribution in [2.75, 3.05) is 12.3 Å². The number of likely N-dealkylation sites (tertiary alicyclic amines) is 1. The molecule has 88 valence electrons. The zero-order valence-corrected chi connectivity index (χ0v) is 10.1. The van der Waals surface area contributed by atoms with Crippen molar-refractivity contribution in [1.29, 1.82) is 0 Å². The van der Waals surface area contributed by atoms with Crippen LogP contribution >= 0.6 is 0 Å². The van der Waals surface area contributed by atoms with Crippen LogP contribution in [0.3, 0.4) is 0 Å². The lowest BCUT2D eigenvalue weighted by Crippen LogP contribution is -2.33. The van der Waals surface area contributed by atoms with Crippen LogP contribution in [0, 0.1) is 5.92 Å². The third kappa shape index (κ3) is 2.50. The summed E-state index contributed by atoms with van der Waals surface area (Å²) >= 11 is 0. The molecule has 0 radical (unpaired) electrons. The van der Waals surface area contributed by atoms with Crippen LogP contribution in [-0.2, 0) is 6.54 Å². The zero-order valence-electron chi connectivity index (χ0n) is 10.1. The molecule has 1 fully saturated rings. The number of anilines is 1. The Morgan fingerprint density at radius 3 is 2.88 bits per heavy atom. The minimum absolute atomic E-state index is 0.491. The van der Waals surface area contributed by atoms with Crippen molar-refractivity contribution in [3.8, 4) is 0 Å². The second kappa shape index (κ2) is 4.78. The van der Waals surface area contributed by atoms with Crippen molar-refractivity contribution in [3.05, 3.63) is 18.1 Å². The number of aromatic nitrogens is 2. The minimum Gasteiger partial charge on any atom is -0.382 e. The number of rotatable bonds is 3. The number of hydrogen-bond acceptors (Lipinski definition) is 4. The minimum atomic E-state index is 0.491. The molecule has 0 amide bonds. The van der Waals surface area contributed by atoms with Crippen molar-refractivity contribution < 1.29 is 0 Å². The van der Waals surface area contributed by atoms with Gasteiger partial charge < -0.3 is 5.73 Å². The molecule has 1 unspecified atom stereocenters. The molecular formula is C12H20N4. The van der Waals surface area contributed by atoms with Gasteiger partial charge in [-0.15, -0.1) is 0 Å². The van der Waals surface area contributed by atoms with Crippen molar-refractivity contribution in [2.24, 2.45) is 5.92 Å². The van der Waals surface area contributed by atoms with E-state index in [2.05, 4.69) is 28.7 Å². The van der Waals surface area contributed by atoms with Gasteiger partial charge in [0.1, 0.15) is 5.82 Å². The highest BCUT2D eigenvalue weighted by atomic mass is 15.2. The summed E-state index contributed by atoms with van der Waals surface area (Å²) in [5.74, 6) is 1.20. The van der Waals surface area contributed by atoms with Crippen LogP contribution in [0.2, 0.25) is 0 Å². The van der Waals surface area contributed by atoms with Gasteiger partial charge in [-0.3, -0.25) is 9.88 Å². The van der Waals surface area contributed by atoms with E-state index in [1.54, 1.807) is 12.4 Å². The molecule has 1 aromatic heterocycles. The van der Waals surface area contributed by atoms with Crippen LogP contribution in [-0.4, -0.2) is 27.5 Å². The molecule has 0 bridgehead atoms. The van der Waals surface area contributed by atoms with Gasteiger partial charge in [-0.25, -0.2) is 4.98 Å². The summed E-state index contributed by atoms with van der Waals surface area (Å²) in [6.07, 6.45) is 6.02. The number of nitrogens with zero attached hydrogens (tertiary/aromatic N) is 3. The van der Waals surface area contributed by atoms with E-state index in [0.717, 1.165) is 12.2 Å². The van der Waals surface area contributed by atoms with Crippen LogP contribution in [0.15, 0.2) is 12.4 Å². The molecule has 4 heteroatoms. The third-order valence-electron chi connectivity index (χ3n) is 3.27. The zero-order chi connectivity index (χ0) is 11.5. The Balaban J connectivity index is 2.01. The normalized spacial score (nSPS) is 21.8. The lowest BCUT2D eigenvalue weighted by atomic mass is 10.0. The molecule has 2 heterocycles. The van der Waals surface area contributed by atoms with Gasteiger partial charge in [0.25, 0.3) is 0 Å². The van der Waals surface area contributed by atoms with Gasteiger partial charge in [0.05, 0.1) is 18.1 Å². The maximum absolute atomic E-state index is 5.52. The molecule has 16 heavy (non-hydrogen) atoms. The predicted octanol–water partition coefficient (Wildman–Crippen LogP) is 1.68. The van der Waals surface area contributed by atoms with Crippen LogP contribution in [0.5, 0.6) is 0 Å². The standard InChI is InChI=1S/C12H20N4/c1-9(2)11-4-3-5-16(11)8-10-6-15-12(13)7-14-10/h6-7,9,11H,3-5,8H2,1-2H3,(H2,13,15). The van der Waals surface area contributed by atoms with Crippen molar-refractivity contribution in [1.82, 2.24) is 14.9 Å². The first-order valence-corrected chi connectivity index (χ1v) is 5.97. The fourth-order valence-electron chi connectivity index (χ4n) is 2.46. The van der Waals surface area contributed by atoms with Crippen LogP contribution in [0.4, 0.5) is 5.82 Å². The van der Waals surface area contributed by atoms with E-state index in [4.69, 9.17) is 5.73 Å². The highest BCUT2D eigenvalue weighted by Gasteiger charge is 2.27. The molecule has 1 aliphatic rings. The number of nitrogen functional groups attached to an aromatic ring is 1. The molecule has 0 spiro atoms. The average molecular weight is 220 g/mol. The molecule has 1 saturated heterocycles. The van der Waals surface area contributed by atoms with Gasteiger partial charge in [-0.05, 0) is 25.3 Å². The molecule has 2 rings (SSSR count). The summed E-state index contributed by atoms with van der Waals surface area (Å²) in [5, 5.41) is 0. The fraction of sp³-hybridized carbons (Fsp3) is 0.667. The smallest absolute Gasteiger partial charge is 0.141 e. The Kier molecular flexibility index (Phi) is 3.39. The van der Waals surface area contributed by atoms with Gasteiger partial charge in [-0.1, -0.05) is 13.8 Å². The largest absolute Gasteiger partial charge is 0.382 e. The Hall–Kier alpha value is -1.16. The Labute approximate surface area is 96.9 Å². The SMILES string of the molecule is CC(C)C1CCCN1Cc1cnc(N)cn1. The summed E-state index contributed by atoms with van der Waals surface area (Å²) < 4.78 is 0. The van der Waals surface area contributed by atoms with Crippen molar-refractivity contribution in [2.45, 2.75) is 39.3 Å². The highest BCUT2D eigenvalue weighted by Crippen LogP contribution is 2.24. The summed E-state index contributed by atoms with van der Waals surface area (Å²) in [7, 11) is 0. The van der Waals surface area contributed by atoms with Crippen LogP contribution < -0.4 is 5.73 Å². The van der Waals surface area contributed by atoms with E-state index in [0.29, 0.717) is 17.8 Å². The Morgan fingerprint density at radius 1 is 1.44 bits per heavy atom. The molecule has 2 N–H and O–H groups in total. The number of hydrogen-bond donors (Lipinski definition) is 1. The summed E-state index contributed by atoms with van der Waals surface area (Å²) in [5.41, 5.74) is 6.54. The van der Waals surface area contributed by atoms with E-state index in [9.17, 15) is 0 Å². The highest BCUT2D eigenvalue weighted by molar-refractivity contribution is 5.22. The van der Waals surface area contributed by atoms with E-state index in [1.165, 1.54) is 19.4 Å². The quantitative estimate of drug-likeness (QED) is 0.842. The second-order valence-electron chi connectivity index (χ2n) is 4.86. The predicted molar refractivity (Wildman–Crippen MR) is 64.7 cm³/mol. The average Bonchev–Trinajstić information content (AvgIpc) is 2.69. The molecule has 0 saturated carbocycles. The summed E-state index contributed by atoms with van der Waals surface area (Å²) in [6.45, 7) is 6.65. The van der Waals surface area contributed by atoms with Gasteiger partial charge >= 0.3 is 0 Å². The summed E-state index contributed by atoms with van der Waals surface area (Å²) in [4.78, 5) is 10.9. The molecular weight excluding hydrogens is 200 g/mol. The Morgan fingerprint density at radius 2 is 2.25 bits per heavy atom. The van der Waals surface area contributed by atoms with E-state index >= 15 is 0 Å². The van der Waals surface area contributed by atoms with E-state index < -0.39 is 0 Å². The van der Waals surface area contributed by atoms with Gasteiger partial charge in [0, 0.05) is 12.6 Å². The Bertz CT molecular complexity index is 333. The lowest BCUT2D eigenvalue weighted by molar-refractivity contribution is 0.196. The monoisotopic (exact) mass is 220 g/mol. The van der Waals surface area contributed by atoms with Gasteiger partial charge in [-0.2, -0.15) is 0 Å². The molecule has 0 aliphatic carbocycles. The maximum Gasteiger partial charge on any atom is 0.141 e. The maximum atomic E-state index is 5.52. The molecule has 1 atom stereocenters.